The van der Waals surface area contributed by atoms with Crippen LogP contribution in [0.3, 0.4) is 0 Å². The van der Waals surface area contributed by atoms with Gasteiger partial charge in [0.1, 0.15) is 0 Å². The van der Waals surface area contributed by atoms with Crippen LogP contribution in [0.2, 0.25) is 0 Å². The zero-order valence-electron chi connectivity index (χ0n) is 21.7. The summed E-state index contributed by atoms with van der Waals surface area (Å²) < 4.78 is 0. The molecule has 8 heteroatoms. The predicted molar refractivity (Wildman–Crippen MR) is 162 cm³/mol. The Hall–Kier alpha value is -5.76. The number of nitrogens with zero attached hydrogens (tertiary/aromatic N) is 2. The minimum absolute atomic E-state index is 0.194. The fourth-order valence-corrected chi connectivity index (χ4v) is 5.76. The predicted octanol–water partition coefficient (Wildman–Crippen LogP) is 6.05. The Morgan fingerprint density at radius 2 is 0.854 bits per heavy atom. The highest BCUT2D eigenvalue weighted by Gasteiger charge is 2.22. The number of rotatable bonds is 4. The minimum atomic E-state index is -0.194. The highest BCUT2D eigenvalue weighted by atomic mass is 16.1. The molecule has 0 aliphatic rings. The number of nitrogens with one attached hydrogen (secondary N) is 4. The van der Waals surface area contributed by atoms with Gasteiger partial charge in [0.05, 0.1) is 33.2 Å². The van der Waals surface area contributed by atoms with Gasteiger partial charge in [0.15, 0.2) is 11.6 Å². The highest BCUT2D eigenvalue weighted by molar-refractivity contribution is 5.95. The molecular formula is C33H22N6O2. The highest BCUT2D eigenvalue weighted by Crippen LogP contribution is 2.36. The Morgan fingerprint density at radius 1 is 0.463 bits per heavy atom. The van der Waals surface area contributed by atoms with E-state index in [1.54, 1.807) is 12.1 Å². The molecule has 8 aromatic rings. The summed E-state index contributed by atoms with van der Waals surface area (Å²) in [6, 6.07) is 30.7. The van der Waals surface area contributed by atoms with Crippen LogP contribution in [0, 0.1) is 0 Å². The molecule has 0 amide bonds. The van der Waals surface area contributed by atoms with Crippen LogP contribution < -0.4 is 11.1 Å². The van der Waals surface area contributed by atoms with Gasteiger partial charge in [-0.05, 0) is 47.5 Å². The van der Waals surface area contributed by atoms with Gasteiger partial charge in [-0.15, -0.1) is 0 Å². The summed E-state index contributed by atoms with van der Waals surface area (Å²) in [4.78, 5) is 48.7. The van der Waals surface area contributed by atoms with Gasteiger partial charge >= 0.3 is 0 Å². The number of benzene rings is 4. The first-order valence-corrected chi connectivity index (χ1v) is 13.3. The van der Waals surface area contributed by atoms with Gasteiger partial charge in [-0.1, -0.05) is 60.7 Å². The third kappa shape index (κ3) is 3.69. The van der Waals surface area contributed by atoms with Crippen molar-refractivity contribution in [1.82, 2.24) is 29.9 Å². The van der Waals surface area contributed by atoms with Gasteiger partial charge in [-0.3, -0.25) is 9.59 Å². The molecule has 8 rings (SSSR count). The van der Waals surface area contributed by atoms with Crippen molar-refractivity contribution in [1.29, 1.82) is 0 Å². The van der Waals surface area contributed by atoms with Crippen LogP contribution in [0.4, 0.5) is 0 Å². The number of aromatic nitrogens is 6. The maximum absolute atomic E-state index is 13.0. The van der Waals surface area contributed by atoms with Crippen LogP contribution in [-0.2, 0) is 6.42 Å². The monoisotopic (exact) mass is 534 g/mol. The van der Waals surface area contributed by atoms with Crippen LogP contribution in [0.25, 0.3) is 66.6 Å². The molecule has 0 aliphatic heterocycles. The average Bonchev–Trinajstić information content (AvgIpc) is 3.56. The first-order chi connectivity index (χ1) is 20.1. The van der Waals surface area contributed by atoms with Crippen molar-refractivity contribution in [3.8, 4) is 23.0 Å². The Labute approximate surface area is 231 Å². The molecule has 4 N–H and O–H groups in total. The molecule has 0 unspecified atom stereocenters. The quantitative estimate of drug-likeness (QED) is 0.220. The van der Waals surface area contributed by atoms with Crippen molar-refractivity contribution in [3.05, 3.63) is 129 Å². The van der Waals surface area contributed by atoms with E-state index in [4.69, 9.17) is 9.97 Å². The Balaban J connectivity index is 1.38. The fraction of sp³-hybridized carbons (Fsp3) is 0.0303. The van der Waals surface area contributed by atoms with E-state index in [2.05, 4.69) is 32.1 Å². The van der Waals surface area contributed by atoms with Crippen molar-refractivity contribution in [3.63, 3.8) is 0 Å². The number of fused-ring (bicyclic) bond motifs is 4. The molecule has 0 bridgehead atoms. The largest absolute Gasteiger partial charge is 0.352 e. The molecule has 0 saturated carbocycles. The molecule has 0 fully saturated rings. The van der Waals surface area contributed by atoms with Gasteiger partial charge in [0, 0.05) is 28.2 Å². The third-order valence-corrected chi connectivity index (χ3v) is 7.68. The Kier molecular flexibility index (Phi) is 5.02. The van der Waals surface area contributed by atoms with Crippen molar-refractivity contribution in [2.75, 3.05) is 0 Å². The average molecular weight is 535 g/mol. The summed E-state index contributed by atoms with van der Waals surface area (Å²) in [5.74, 6) is 0.942. The second-order valence-electron chi connectivity index (χ2n) is 10.1. The van der Waals surface area contributed by atoms with E-state index in [0.717, 1.165) is 44.3 Å². The van der Waals surface area contributed by atoms with Crippen molar-refractivity contribution >= 4 is 43.6 Å². The molecule has 196 valence electrons. The maximum atomic E-state index is 13.0. The number of H-pyrrole nitrogens is 4. The lowest BCUT2D eigenvalue weighted by Gasteiger charge is -2.09. The summed E-state index contributed by atoms with van der Waals surface area (Å²) in [5.41, 5.74) is 6.18. The van der Waals surface area contributed by atoms with Crippen LogP contribution in [-0.4, -0.2) is 29.9 Å². The molecular weight excluding hydrogens is 512 g/mol. The standard InChI is InChI=1S/C33H22N6O2/c40-32-20-11-3-7-15-26(20)36-30(38-32)28-22(18-9-1-5-13-24(18)34-28)17-23-19-10-2-6-14-25(19)35-29(23)31-37-27-16-8-4-12-21(27)33(41)39-31/h1-16,34-35H,17H2,(H,36,38,40)(H,37,39,41). The number of aromatic amines is 4. The SMILES string of the molecule is O=c1[nH]c(-c2[nH]c3ccccc3c2Cc2c(-c3nc4ccccc4c(=O)[nH]3)[nH]c3ccccc23)nc2ccccc12. The van der Waals surface area contributed by atoms with Crippen LogP contribution >= 0.6 is 0 Å². The maximum Gasteiger partial charge on any atom is 0.259 e. The van der Waals surface area contributed by atoms with E-state index in [0.29, 0.717) is 39.9 Å². The molecule has 0 radical (unpaired) electrons. The lowest BCUT2D eigenvalue weighted by Crippen LogP contribution is -2.11. The van der Waals surface area contributed by atoms with Crippen molar-refractivity contribution in [2.45, 2.75) is 6.42 Å². The zero-order chi connectivity index (χ0) is 27.5. The van der Waals surface area contributed by atoms with Gasteiger partial charge in [0.2, 0.25) is 0 Å². The summed E-state index contributed by atoms with van der Waals surface area (Å²) in [6.07, 6.45) is 0.492. The summed E-state index contributed by atoms with van der Waals surface area (Å²) in [5, 5.41) is 3.13. The zero-order valence-corrected chi connectivity index (χ0v) is 21.7. The molecule has 0 atom stereocenters. The molecule has 4 aromatic carbocycles. The molecule has 0 spiro atoms. The number of para-hydroxylation sites is 4. The van der Waals surface area contributed by atoms with Gasteiger partial charge in [0.25, 0.3) is 11.1 Å². The van der Waals surface area contributed by atoms with Crippen LogP contribution in [0.1, 0.15) is 11.1 Å². The number of hydrogen-bond donors (Lipinski definition) is 4. The molecule has 4 aromatic heterocycles. The van der Waals surface area contributed by atoms with Gasteiger partial charge in [-0.2, -0.15) is 0 Å². The van der Waals surface area contributed by atoms with E-state index in [9.17, 15) is 9.59 Å². The second kappa shape index (κ2) is 8.89. The van der Waals surface area contributed by atoms with Crippen LogP contribution in [0.5, 0.6) is 0 Å². The Morgan fingerprint density at radius 3 is 1.32 bits per heavy atom. The first kappa shape index (κ1) is 23.2. The molecule has 0 aliphatic carbocycles. The van der Waals surface area contributed by atoms with E-state index >= 15 is 0 Å². The van der Waals surface area contributed by atoms with E-state index < -0.39 is 0 Å². The van der Waals surface area contributed by atoms with E-state index in [1.165, 1.54) is 0 Å². The summed E-state index contributed by atoms with van der Waals surface area (Å²) in [6.45, 7) is 0. The fourth-order valence-electron chi connectivity index (χ4n) is 5.76. The molecule has 8 nitrogen and oxygen atoms in total. The minimum Gasteiger partial charge on any atom is -0.352 e. The van der Waals surface area contributed by atoms with E-state index in [-0.39, 0.29) is 11.1 Å². The topological polar surface area (TPSA) is 123 Å². The van der Waals surface area contributed by atoms with Crippen molar-refractivity contribution < 1.29 is 0 Å². The van der Waals surface area contributed by atoms with Crippen molar-refractivity contribution in [2.24, 2.45) is 0 Å². The molecule has 4 heterocycles. The van der Waals surface area contributed by atoms with Crippen LogP contribution in [0.15, 0.2) is 107 Å². The lowest BCUT2D eigenvalue weighted by atomic mass is 9.98. The second-order valence-corrected chi connectivity index (χ2v) is 10.1. The summed E-state index contributed by atoms with van der Waals surface area (Å²) in [7, 11) is 0. The van der Waals surface area contributed by atoms with E-state index in [1.807, 2.05) is 72.8 Å². The Bertz CT molecular complexity index is 2240. The first-order valence-electron chi connectivity index (χ1n) is 13.3. The number of hydrogen-bond acceptors (Lipinski definition) is 4. The molecule has 0 saturated heterocycles. The van der Waals surface area contributed by atoms with Gasteiger partial charge < -0.3 is 19.9 Å². The normalized spacial score (nSPS) is 11.7. The summed E-state index contributed by atoms with van der Waals surface area (Å²) >= 11 is 0. The van der Waals surface area contributed by atoms with Gasteiger partial charge in [-0.25, -0.2) is 9.97 Å². The smallest absolute Gasteiger partial charge is 0.259 e. The third-order valence-electron chi connectivity index (χ3n) is 7.68. The lowest BCUT2D eigenvalue weighted by molar-refractivity contribution is 1.12. The molecule has 41 heavy (non-hydrogen) atoms.